The summed E-state index contributed by atoms with van der Waals surface area (Å²) in [4.78, 5) is 12.6. The molecule has 0 bridgehead atoms. The molecule has 0 aliphatic carbocycles. The van der Waals surface area contributed by atoms with Crippen LogP contribution in [0.15, 0.2) is 36.4 Å². The quantitative estimate of drug-likeness (QED) is 0.597. The number of carbonyl (C=O) groups excluding carboxylic acids is 1. The Balaban J connectivity index is 1.60. The summed E-state index contributed by atoms with van der Waals surface area (Å²) in [6, 6.07) is 9.74. The van der Waals surface area contributed by atoms with Crippen LogP contribution in [0.3, 0.4) is 0 Å². The van der Waals surface area contributed by atoms with E-state index in [-0.39, 0.29) is 30.7 Å². The number of sulfonamides is 1. The Kier molecular flexibility index (Phi) is 7.36. The van der Waals surface area contributed by atoms with Crippen molar-refractivity contribution in [3.8, 4) is 0 Å². The first-order valence-electron chi connectivity index (χ1n) is 8.84. The van der Waals surface area contributed by atoms with Gasteiger partial charge in [0.2, 0.25) is 15.9 Å². The SMILES string of the molecule is O=C(Nc1c(Cl)cccc1Cl)C1CCN(S(=O)(=O)Cc2ccc(Cl)c(Cl)c2)CC1. The van der Waals surface area contributed by atoms with Gasteiger partial charge in [0.25, 0.3) is 0 Å². The van der Waals surface area contributed by atoms with Crippen LogP contribution >= 0.6 is 46.4 Å². The van der Waals surface area contributed by atoms with Crippen LogP contribution in [0, 0.1) is 5.92 Å². The fourth-order valence-corrected chi connectivity index (χ4v) is 5.53. The van der Waals surface area contributed by atoms with Gasteiger partial charge in [0, 0.05) is 19.0 Å². The van der Waals surface area contributed by atoms with Gasteiger partial charge in [0.1, 0.15) is 0 Å². The number of halogens is 4. The lowest BCUT2D eigenvalue weighted by Crippen LogP contribution is -2.41. The molecule has 10 heteroatoms. The van der Waals surface area contributed by atoms with Crippen molar-refractivity contribution in [2.45, 2.75) is 18.6 Å². The number of nitrogens with one attached hydrogen (secondary N) is 1. The normalized spacial score (nSPS) is 16.0. The predicted octanol–water partition coefficient (Wildman–Crippen LogP) is 5.48. The zero-order valence-electron chi connectivity index (χ0n) is 15.2. The Morgan fingerprint density at radius 1 is 0.966 bits per heavy atom. The molecule has 0 unspecified atom stereocenters. The van der Waals surface area contributed by atoms with Crippen LogP contribution in [0.1, 0.15) is 18.4 Å². The molecule has 1 fully saturated rings. The number of nitrogens with zero attached hydrogens (tertiary/aromatic N) is 1. The summed E-state index contributed by atoms with van der Waals surface area (Å²) >= 11 is 24.0. The Bertz CT molecular complexity index is 1000. The van der Waals surface area contributed by atoms with E-state index in [1.165, 1.54) is 4.31 Å². The number of hydrogen-bond donors (Lipinski definition) is 1. The van der Waals surface area contributed by atoms with E-state index < -0.39 is 10.0 Å². The van der Waals surface area contributed by atoms with Crippen LogP contribution in [0.25, 0.3) is 0 Å². The summed E-state index contributed by atoms with van der Waals surface area (Å²) in [5.74, 6) is -0.712. The van der Waals surface area contributed by atoms with Crippen LogP contribution in [-0.4, -0.2) is 31.7 Å². The Morgan fingerprint density at radius 2 is 1.59 bits per heavy atom. The molecule has 29 heavy (non-hydrogen) atoms. The van der Waals surface area contributed by atoms with Crippen molar-refractivity contribution >= 4 is 68.0 Å². The van der Waals surface area contributed by atoms with Gasteiger partial charge in [-0.2, -0.15) is 0 Å². The first-order chi connectivity index (χ1) is 13.7. The van der Waals surface area contributed by atoms with Gasteiger partial charge in [-0.05, 0) is 42.7 Å². The second-order valence-electron chi connectivity index (χ2n) is 6.76. The fraction of sp³-hybridized carbons (Fsp3) is 0.316. The summed E-state index contributed by atoms with van der Waals surface area (Å²) in [7, 11) is -3.53. The van der Waals surface area contributed by atoms with Crippen molar-refractivity contribution in [1.29, 1.82) is 0 Å². The highest BCUT2D eigenvalue weighted by molar-refractivity contribution is 7.88. The van der Waals surface area contributed by atoms with Crippen molar-refractivity contribution in [3.63, 3.8) is 0 Å². The van der Waals surface area contributed by atoms with Crippen molar-refractivity contribution in [2.24, 2.45) is 5.92 Å². The van der Waals surface area contributed by atoms with Gasteiger partial charge in [-0.25, -0.2) is 12.7 Å². The van der Waals surface area contributed by atoms with Gasteiger partial charge in [-0.3, -0.25) is 4.79 Å². The number of piperidine rings is 1. The van der Waals surface area contributed by atoms with Crippen LogP contribution in [-0.2, 0) is 20.6 Å². The van der Waals surface area contributed by atoms with Crippen molar-refractivity contribution < 1.29 is 13.2 Å². The second kappa shape index (κ2) is 9.41. The van der Waals surface area contributed by atoms with Crippen LogP contribution < -0.4 is 5.32 Å². The molecule has 2 aromatic carbocycles. The standard InChI is InChI=1S/C19H18Cl4N2O3S/c20-14-5-4-12(10-17(14)23)11-29(27,28)25-8-6-13(7-9-25)19(26)24-18-15(21)2-1-3-16(18)22/h1-5,10,13H,6-9,11H2,(H,24,26). The maximum absolute atomic E-state index is 12.7. The van der Waals surface area contributed by atoms with E-state index in [0.29, 0.717) is 44.2 Å². The number of benzene rings is 2. The molecule has 1 N–H and O–H groups in total. The molecule has 3 rings (SSSR count). The zero-order chi connectivity index (χ0) is 21.2. The molecule has 156 valence electrons. The van der Waals surface area contributed by atoms with E-state index in [9.17, 15) is 13.2 Å². The topological polar surface area (TPSA) is 66.5 Å². The number of rotatable bonds is 5. The summed E-state index contributed by atoms with van der Waals surface area (Å²) < 4.78 is 26.8. The molecule has 0 spiro atoms. The zero-order valence-corrected chi connectivity index (χ0v) is 19.0. The molecule has 1 heterocycles. The third-order valence-electron chi connectivity index (χ3n) is 4.76. The molecule has 0 aromatic heterocycles. The molecular formula is C19H18Cl4N2O3S. The van der Waals surface area contributed by atoms with Crippen molar-refractivity contribution in [2.75, 3.05) is 18.4 Å². The Morgan fingerprint density at radius 3 is 2.17 bits per heavy atom. The number of anilines is 1. The lowest BCUT2D eigenvalue weighted by atomic mass is 9.97. The molecule has 0 saturated carbocycles. The van der Waals surface area contributed by atoms with E-state index >= 15 is 0 Å². The van der Waals surface area contributed by atoms with Crippen LogP contribution in [0.2, 0.25) is 20.1 Å². The maximum Gasteiger partial charge on any atom is 0.227 e. The monoisotopic (exact) mass is 494 g/mol. The number of carbonyl (C=O) groups is 1. The van der Waals surface area contributed by atoms with Gasteiger partial charge >= 0.3 is 0 Å². The van der Waals surface area contributed by atoms with Gasteiger partial charge in [0.05, 0.1) is 31.5 Å². The maximum atomic E-state index is 12.7. The lowest BCUT2D eigenvalue weighted by molar-refractivity contribution is -0.120. The van der Waals surface area contributed by atoms with E-state index in [0.717, 1.165) is 0 Å². The minimum absolute atomic E-state index is 0.171. The predicted molar refractivity (Wildman–Crippen MR) is 118 cm³/mol. The number of hydrogen-bond acceptors (Lipinski definition) is 3. The lowest BCUT2D eigenvalue weighted by Gasteiger charge is -2.30. The first-order valence-corrected chi connectivity index (χ1v) is 12.0. The van der Waals surface area contributed by atoms with E-state index in [4.69, 9.17) is 46.4 Å². The minimum atomic E-state index is -3.53. The minimum Gasteiger partial charge on any atom is -0.323 e. The van der Waals surface area contributed by atoms with E-state index in [1.807, 2.05) is 0 Å². The second-order valence-corrected chi connectivity index (χ2v) is 10.4. The average molecular weight is 496 g/mol. The van der Waals surface area contributed by atoms with Gasteiger partial charge < -0.3 is 5.32 Å². The fourth-order valence-electron chi connectivity index (χ4n) is 3.17. The third kappa shape index (κ3) is 5.57. The van der Waals surface area contributed by atoms with E-state index in [1.54, 1.807) is 36.4 Å². The highest BCUT2D eigenvalue weighted by atomic mass is 35.5. The van der Waals surface area contributed by atoms with Crippen molar-refractivity contribution in [3.05, 3.63) is 62.1 Å². The summed E-state index contributed by atoms with van der Waals surface area (Å²) in [6.07, 6.45) is 0.822. The van der Waals surface area contributed by atoms with Gasteiger partial charge in [-0.1, -0.05) is 58.5 Å². The van der Waals surface area contributed by atoms with Gasteiger partial charge in [-0.15, -0.1) is 0 Å². The molecule has 1 saturated heterocycles. The average Bonchev–Trinajstić information content (AvgIpc) is 2.67. The molecule has 5 nitrogen and oxygen atoms in total. The molecule has 1 aliphatic rings. The molecule has 1 amide bonds. The summed E-state index contributed by atoms with van der Waals surface area (Å²) in [6.45, 7) is 0.524. The summed E-state index contributed by atoms with van der Waals surface area (Å²) in [5.41, 5.74) is 0.933. The smallest absolute Gasteiger partial charge is 0.227 e. The Labute approximate surface area is 189 Å². The highest BCUT2D eigenvalue weighted by Crippen LogP contribution is 2.31. The third-order valence-corrected chi connectivity index (χ3v) is 7.98. The Hall–Kier alpha value is -1.02. The van der Waals surface area contributed by atoms with Crippen LogP contribution in [0.4, 0.5) is 5.69 Å². The molecule has 2 aromatic rings. The largest absolute Gasteiger partial charge is 0.323 e. The first kappa shape index (κ1) is 22.7. The van der Waals surface area contributed by atoms with Gasteiger partial charge in [0.15, 0.2) is 0 Å². The molecular weight excluding hydrogens is 478 g/mol. The van der Waals surface area contributed by atoms with Crippen molar-refractivity contribution in [1.82, 2.24) is 4.31 Å². The van der Waals surface area contributed by atoms with Crippen LogP contribution in [0.5, 0.6) is 0 Å². The molecule has 0 radical (unpaired) electrons. The number of amides is 1. The van der Waals surface area contributed by atoms with E-state index in [2.05, 4.69) is 5.32 Å². The molecule has 0 atom stereocenters. The number of para-hydroxylation sites is 1. The molecule has 1 aliphatic heterocycles. The highest BCUT2D eigenvalue weighted by Gasteiger charge is 2.31. The summed E-state index contributed by atoms with van der Waals surface area (Å²) in [5, 5.41) is 4.15.